The fourth-order valence-corrected chi connectivity index (χ4v) is 1.40. The highest BCUT2D eigenvalue weighted by Gasteiger charge is 2.11. The molecule has 2 nitrogen and oxygen atoms in total. The molecule has 0 spiro atoms. The van der Waals surface area contributed by atoms with Crippen LogP contribution in [0.1, 0.15) is 23.7 Å². The molecule has 0 amide bonds. The minimum Gasteiger partial charge on any atom is -0.496 e. The Morgan fingerprint density at radius 1 is 1.57 bits per heavy atom. The molecule has 0 saturated heterocycles. The summed E-state index contributed by atoms with van der Waals surface area (Å²) in [5.41, 5.74) is 1.94. The summed E-state index contributed by atoms with van der Waals surface area (Å²) in [4.78, 5) is 0. The zero-order valence-electron chi connectivity index (χ0n) is 8.66. The van der Waals surface area contributed by atoms with Gasteiger partial charge < -0.3 is 9.84 Å². The summed E-state index contributed by atoms with van der Waals surface area (Å²) in [5, 5.41) is 9.81. The maximum atomic E-state index is 9.81. The molecule has 0 heterocycles. The molecular formula is C12H16O2. The maximum Gasteiger partial charge on any atom is 0.124 e. The van der Waals surface area contributed by atoms with E-state index in [4.69, 9.17) is 4.74 Å². The average molecular weight is 192 g/mol. The van der Waals surface area contributed by atoms with Crippen molar-refractivity contribution in [1.82, 2.24) is 0 Å². The van der Waals surface area contributed by atoms with Gasteiger partial charge in [0.25, 0.3) is 0 Å². The summed E-state index contributed by atoms with van der Waals surface area (Å²) in [7, 11) is 1.61. The van der Waals surface area contributed by atoms with Gasteiger partial charge in [0, 0.05) is 5.56 Å². The monoisotopic (exact) mass is 192 g/mol. The first-order valence-corrected chi connectivity index (χ1v) is 4.62. The lowest BCUT2D eigenvalue weighted by Crippen LogP contribution is -1.99. The van der Waals surface area contributed by atoms with Crippen LogP contribution in [-0.4, -0.2) is 12.2 Å². The van der Waals surface area contributed by atoms with Gasteiger partial charge in [0.1, 0.15) is 5.75 Å². The van der Waals surface area contributed by atoms with Gasteiger partial charge in [0.2, 0.25) is 0 Å². The highest BCUT2D eigenvalue weighted by molar-refractivity contribution is 5.38. The van der Waals surface area contributed by atoms with E-state index in [-0.39, 0.29) is 0 Å². The van der Waals surface area contributed by atoms with E-state index in [9.17, 15) is 5.11 Å². The Labute approximate surface area is 84.8 Å². The molecule has 0 aromatic heterocycles. The van der Waals surface area contributed by atoms with Crippen molar-refractivity contribution in [3.63, 3.8) is 0 Å². The summed E-state index contributed by atoms with van der Waals surface area (Å²) in [5.74, 6) is 0.727. The van der Waals surface area contributed by atoms with E-state index < -0.39 is 6.10 Å². The minimum absolute atomic E-state index is 0.526. The van der Waals surface area contributed by atoms with Crippen LogP contribution in [0.3, 0.4) is 0 Å². The predicted molar refractivity (Wildman–Crippen MR) is 57.5 cm³/mol. The highest BCUT2D eigenvalue weighted by atomic mass is 16.5. The molecule has 1 aromatic carbocycles. The van der Waals surface area contributed by atoms with Crippen LogP contribution in [0.4, 0.5) is 0 Å². The van der Waals surface area contributed by atoms with Crippen molar-refractivity contribution in [3.05, 3.63) is 42.0 Å². The molecule has 2 heteroatoms. The van der Waals surface area contributed by atoms with Crippen molar-refractivity contribution in [1.29, 1.82) is 0 Å². The maximum absolute atomic E-state index is 9.81. The van der Waals surface area contributed by atoms with Gasteiger partial charge >= 0.3 is 0 Å². The van der Waals surface area contributed by atoms with Crippen molar-refractivity contribution < 1.29 is 9.84 Å². The number of ether oxygens (including phenoxy) is 1. The van der Waals surface area contributed by atoms with E-state index in [0.29, 0.717) is 6.42 Å². The van der Waals surface area contributed by atoms with Gasteiger partial charge in [0.15, 0.2) is 0 Å². The van der Waals surface area contributed by atoms with Crippen molar-refractivity contribution in [2.24, 2.45) is 0 Å². The van der Waals surface area contributed by atoms with Crippen LogP contribution in [0.2, 0.25) is 0 Å². The third-order valence-corrected chi connectivity index (χ3v) is 2.13. The molecule has 1 rings (SSSR count). The molecule has 14 heavy (non-hydrogen) atoms. The highest BCUT2D eigenvalue weighted by Crippen LogP contribution is 2.28. The lowest BCUT2D eigenvalue weighted by Gasteiger charge is -2.13. The number of methoxy groups -OCH3 is 1. The van der Waals surface area contributed by atoms with Crippen molar-refractivity contribution in [2.45, 2.75) is 19.4 Å². The van der Waals surface area contributed by atoms with E-state index in [0.717, 1.165) is 16.9 Å². The third-order valence-electron chi connectivity index (χ3n) is 2.13. The summed E-state index contributed by atoms with van der Waals surface area (Å²) >= 11 is 0. The lowest BCUT2D eigenvalue weighted by molar-refractivity contribution is 0.177. The van der Waals surface area contributed by atoms with E-state index in [1.807, 2.05) is 25.1 Å². The molecule has 0 aliphatic carbocycles. The number of aliphatic hydroxyl groups is 1. The summed E-state index contributed by atoms with van der Waals surface area (Å²) in [6.07, 6.45) is 1.72. The first kappa shape index (κ1) is 10.8. The Balaban J connectivity index is 3.02. The smallest absolute Gasteiger partial charge is 0.124 e. The zero-order chi connectivity index (χ0) is 10.6. The van der Waals surface area contributed by atoms with Crippen LogP contribution < -0.4 is 4.74 Å². The standard InChI is InChI=1S/C12H16O2/c1-4-5-11(13)10-8-9(2)6-7-12(10)14-3/h4,6-8,11,13H,1,5H2,2-3H3/t11-/m1/s1. The molecule has 76 valence electrons. The van der Waals surface area contributed by atoms with Crippen LogP contribution in [0.15, 0.2) is 30.9 Å². The van der Waals surface area contributed by atoms with Crippen molar-refractivity contribution in [3.8, 4) is 5.75 Å². The van der Waals surface area contributed by atoms with Crippen LogP contribution >= 0.6 is 0 Å². The second kappa shape index (κ2) is 4.82. The van der Waals surface area contributed by atoms with Gasteiger partial charge in [0.05, 0.1) is 13.2 Å². The van der Waals surface area contributed by atoms with Gasteiger partial charge in [-0.1, -0.05) is 17.7 Å². The van der Waals surface area contributed by atoms with Gasteiger partial charge in [-0.3, -0.25) is 0 Å². The topological polar surface area (TPSA) is 29.5 Å². The second-order valence-electron chi connectivity index (χ2n) is 3.29. The Bertz CT molecular complexity index is 318. The number of aliphatic hydroxyl groups excluding tert-OH is 1. The number of benzene rings is 1. The van der Waals surface area contributed by atoms with Crippen LogP contribution in [-0.2, 0) is 0 Å². The van der Waals surface area contributed by atoms with Gasteiger partial charge in [-0.15, -0.1) is 6.58 Å². The number of aryl methyl sites for hydroxylation is 1. The van der Waals surface area contributed by atoms with Gasteiger partial charge in [-0.05, 0) is 25.5 Å². The summed E-state index contributed by atoms with van der Waals surface area (Å²) < 4.78 is 5.17. The fourth-order valence-electron chi connectivity index (χ4n) is 1.40. The van der Waals surface area contributed by atoms with Crippen LogP contribution in [0.25, 0.3) is 0 Å². The first-order valence-electron chi connectivity index (χ1n) is 4.62. The van der Waals surface area contributed by atoms with Crippen LogP contribution in [0, 0.1) is 6.92 Å². The Morgan fingerprint density at radius 3 is 2.86 bits per heavy atom. The molecule has 0 fully saturated rings. The lowest BCUT2D eigenvalue weighted by atomic mass is 10.0. The average Bonchev–Trinajstić information content (AvgIpc) is 2.18. The molecule has 0 aliphatic heterocycles. The molecule has 1 aromatic rings. The normalized spacial score (nSPS) is 12.2. The zero-order valence-corrected chi connectivity index (χ0v) is 8.66. The summed E-state index contributed by atoms with van der Waals surface area (Å²) in [6, 6.07) is 5.77. The predicted octanol–water partition coefficient (Wildman–Crippen LogP) is 2.61. The van der Waals surface area contributed by atoms with E-state index >= 15 is 0 Å². The third kappa shape index (κ3) is 2.36. The number of rotatable bonds is 4. The van der Waals surface area contributed by atoms with Gasteiger partial charge in [-0.2, -0.15) is 0 Å². The quantitative estimate of drug-likeness (QED) is 0.743. The summed E-state index contributed by atoms with van der Waals surface area (Å²) in [6.45, 7) is 5.59. The Morgan fingerprint density at radius 2 is 2.29 bits per heavy atom. The minimum atomic E-state index is -0.526. The molecule has 0 saturated carbocycles. The van der Waals surface area contributed by atoms with Crippen molar-refractivity contribution in [2.75, 3.05) is 7.11 Å². The van der Waals surface area contributed by atoms with Gasteiger partial charge in [-0.25, -0.2) is 0 Å². The number of hydrogen-bond acceptors (Lipinski definition) is 2. The van der Waals surface area contributed by atoms with E-state index in [1.165, 1.54) is 0 Å². The van der Waals surface area contributed by atoms with Crippen molar-refractivity contribution >= 4 is 0 Å². The SMILES string of the molecule is C=CC[C@@H](O)c1cc(C)ccc1OC. The fraction of sp³-hybridized carbons (Fsp3) is 0.333. The molecule has 1 N–H and O–H groups in total. The largest absolute Gasteiger partial charge is 0.496 e. The molecule has 0 bridgehead atoms. The molecule has 0 aliphatic rings. The number of hydrogen-bond donors (Lipinski definition) is 1. The molecule has 1 atom stereocenters. The second-order valence-corrected chi connectivity index (χ2v) is 3.29. The first-order chi connectivity index (χ1) is 6.69. The Hall–Kier alpha value is -1.28. The van der Waals surface area contributed by atoms with Crippen LogP contribution in [0.5, 0.6) is 5.75 Å². The molecule has 0 unspecified atom stereocenters. The van der Waals surface area contributed by atoms with E-state index in [1.54, 1.807) is 13.2 Å². The molecule has 0 radical (unpaired) electrons. The Kier molecular flexibility index (Phi) is 3.72. The molecular weight excluding hydrogens is 176 g/mol. The van der Waals surface area contributed by atoms with E-state index in [2.05, 4.69) is 6.58 Å².